The predicted molar refractivity (Wildman–Crippen MR) is 72.6 cm³/mol. The standard InChI is InChI=1S/C11H14ClN5O3/c1-2-20-10-7-16(11(14-10)15-17(18)19)6-8-3-4-9(12)13-5-8/h3-5,10H,2,6-7H2,1H3,(H,14,15). The Balaban J connectivity index is 2.10. The van der Waals surface area contributed by atoms with E-state index in [4.69, 9.17) is 16.3 Å². The van der Waals surface area contributed by atoms with Gasteiger partial charge in [-0.25, -0.2) is 15.1 Å². The number of hydrazone groups is 1. The molecule has 1 aromatic rings. The number of nitro groups is 1. The molecule has 1 unspecified atom stereocenters. The highest BCUT2D eigenvalue weighted by Gasteiger charge is 2.30. The molecule has 0 radical (unpaired) electrons. The molecular formula is C11H14ClN5O3. The van der Waals surface area contributed by atoms with Crippen LogP contribution in [-0.4, -0.2) is 40.3 Å². The van der Waals surface area contributed by atoms with Gasteiger partial charge in [-0.1, -0.05) is 17.7 Å². The van der Waals surface area contributed by atoms with Crippen LogP contribution in [0.4, 0.5) is 0 Å². The first kappa shape index (κ1) is 14.5. The van der Waals surface area contributed by atoms with Gasteiger partial charge in [0.05, 0.1) is 6.54 Å². The molecule has 0 bridgehead atoms. The second-order valence-electron chi connectivity index (χ2n) is 4.12. The summed E-state index contributed by atoms with van der Waals surface area (Å²) < 4.78 is 5.41. The third kappa shape index (κ3) is 3.78. The van der Waals surface area contributed by atoms with Crippen LogP contribution in [0.3, 0.4) is 0 Å². The van der Waals surface area contributed by atoms with Crippen LogP contribution in [0.15, 0.2) is 23.4 Å². The summed E-state index contributed by atoms with van der Waals surface area (Å²) in [6, 6.07) is 3.48. The Bertz CT molecular complexity index is 507. The molecule has 1 aliphatic heterocycles. The first-order chi connectivity index (χ1) is 9.58. The second kappa shape index (κ2) is 6.49. The molecule has 0 aliphatic carbocycles. The maximum Gasteiger partial charge on any atom is 0.273 e. The van der Waals surface area contributed by atoms with E-state index in [2.05, 4.69) is 15.4 Å². The van der Waals surface area contributed by atoms with Gasteiger partial charge in [-0.05, 0) is 18.6 Å². The van der Waals surface area contributed by atoms with Crippen molar-refractivity contribution in [1.29, 1.82) is 0 Å². The SMILES string of the molecule is CCOC1CN(Cc2ccc(Cl)nc2)/C(=N/[N+](=O)[O-])N1. The molecule has 1 fully saturated rings. The largest absolute Gasteiger partial charge is 0.357 e. The van der Waals surface area contributed by atoms with Crippen molar-refractivity contribution in [2.24, 2.45) is 5.10 Å². The highest BCUT2D eigenvalue weighted by Crippen LogP contribution is 2.12. The van der Waals surface area contributed by atoms with Crippen molar-refractivity contribution in [3.8, 4) is 0 Å². The average Bonchev–Trinajstić information content (AvgIpc) is 2.74. The van der Waals surface area contributed by atoms with E-state index in [1.54, 1.807) is 17.2 Å². The van der Waals surface area contributed by atoms with Crippen molar-refractivity contribution < 1.29 is 9.77 Å². The van der Waals surface area contributed by atoms with E-state index < -0.39 is 5.03 Å². The van der Waals surface area contributed by atoms with Crippen molar-refractivity contribution in [3.63, 3.8) is 0 Å². The fraction of sp³-hybridized carbons (Fsp3) is 0.455. The third-order valence-corrected chi connectivity index (χ3v) is 2.91. The summed E-state index contributed by atoms with van der Waals surface area (Å²) in [5.74, 6) is 0.184. The summed E-state index contributed by atoms with van der Waals surface area (Å²) >= 11 is 5.72. The lowest BCUT2D eigenvalue weighted by Gasteiger charge is -2.15. The summed E-state index contributed by atoms with van der Waals surface area (Å²) in [6.45, 7) is 3.29. The van der Waals surface area contributed by atoms with E-state index in [0.29, 0.717) is 24.8 Å². The Morgan fingerprint density at radius 3 is 3.10 bits per heavy atom. The van der Waals surface area contributed by atoms with Crippen LogP contribution in [0.2, 0.25) is 5.15 Å². The number of aromatic nitrogens is 1. The number of halogens is 1. The lowest BCUT2D eigenvalue weighted by atomic mass is 10.3. The van der Waals surface area contributed by atoms with Crippen molar-refractivity contribution in [2.45, 2.75) is 19.7 Å². The molecule has 20 heavy (non-hydrogen) atoms. The van der Waals surface area contributed by atoms with Gasteiger partial charge in [0.1, 0.15) is 16.5 Å². The Hall–Kier alpha value is -1.93. The van der Waals surface area contributed by atoms with E-state index in [1.807, 2.05) is 13.0 Å². The average molecular weight is 300 g/mol. The van der Waals surface area contributed by atoms with Crippen LogP contribution >= 0.6 is 11.6 Å². The van der Waals surface area contributed by atoms with Crippen LogP contribution in [-0.2, 0) is 11.3 Å². The van der Waals surface area contributed by atoms with Gasteiger partial charge in [-0.2, -0.15) is 0 Å². The first-order valence-electron chi connectivity index (χ1n) is 6.05. The molecule has 9 heteroatoms. The lowest BCUT2D eigenvalue weighted by Crippen LogP contribution is -2.32. The van der Waals surface area contributed by atoms with Gasteiger partial charge in [-0.15, -0.1) is 0 Å². The number of hydrogen-bond donors (Lipinski definition) is 1. The molecule has 0 aromatic carbocycles. The number of hydrogen-bond acceptors (Lipinski definition) is 4. The summed E-state index contributed by atoms with van der Waals surface area (Å²) in [5.41, 5.74) is 0.879. The fourth-order valence-electron chi connectivity index (χ4n) is 1.89. The van der Waals surface area contributed by atoms with Crippen molar-refractivity contribution in [2.75, 3.05) is 13.2 Å². The maximum atomic E-state index is 10.5. The van der Waals surface area contributed by atoms with Crippen LogP contribution in [0.25, 0.3) is 0 Å². The van der Waals surface area contributed by atoms with E-state index in [9.17, 15) is 10.1 Å². The molecule has 1 atom stereocenters. The van der Waals surface area contributed by atoms with Crippen LogP contribution < -0.4 is 5.32 Å². The minimum absolute atomic E-state index is 0.184. The van der Waals surface area contributed by atoms with Gasteiger partial charge in [0.25, 0.3) is 5.96 Å². The molecule has 8 nitrogen and oxygen atoms in total. The summed E-state index contributed by atoms with van der Waals surface area (Å²) in [5, 5.41) is 16.4. The van der Waals surface area contributed by atoms with Gasteiger partial charge >= 0.3 is 0 Å². The van der Waals surface area contributed by atoms with Gasteiger partial charge in [-0.3, -0.25) is 0 Å². The maximum absolute atomic E-state index is 10.5. The predicted octanol–water partition coefficient (Wildman–Crippen LogP) is 1.05. The molecule has 108 valence electrons. The Morgan fingerprint density at radius 1 is 1.70 bits per heavy atom. The van der Waals surface area contributed by atoms with Crippen LogP contribution in [0, 0.1) is 10.1 Å². The monoisotopic (exact) mass is 299 g/mol. The molecule has 0 amide bonds. The molecular weight excluding hydrogens is 286 g/mol. The topological polar surface area (TPSA) is 92.9 Å². The number of ether oxygens (including phenoxy) is 1. The van der Waals surface area contributed by atoms with Gasteiger partial charge < -0.3 is 15.0 Å². The molecule has 1 saturated heterocycles. The highest BCUT2D eigenvalue weighted by atomic mass is 35.5. The highest BCUT2D eigenvalue weighted by molar-refractivity contribution is 6.29. The smallest absolute Gasteiger partial charge is 0.273 e. The molecule has 2 heterocycles. The molecule has 1 N–H and O–H groups in total. The molecule has 0 spiro atoms. The number of nitrogens with one attached hydrogen (secondary N) is 1. The van der Waals surface area contributed by atoms with E-state index in [-0.39, 0.29) is 12.2 Å². The number of rotatable bonds is 5. The quantitative estimate of drug-likeness (QED) is 0.496. The summed E-state index contributed by atoms with van der Waals surface area (Å²) in [4.78, 5) is 16.2. The lowest BCUT2D eigenvalue weighted by molar-refractivity contribution is -0.485. The van der Waals surface area contributed by atoms with Gasteiger partial charge in [0.2, 0.25) is 0 Å². The second-order valence-corrected chi connectivity index (χ2v) is 4.51. The number of pyridine rings is 1. The minimum Gasteiger partial charge on any atom is -0.357 e. The molecule has 2 rings (SSSR count). The molecule has 0 saturated carbocycles. The van der Waals surface area contributed by atoms with Crippen molar-refractivity contribution >= 4 is 17.6 Å². The summed E-state index contributed by atoms with van der Waals surface area (Å²) in [6.07, 6.45) is 1.32. The minimum atomic E-state index is -0.732. The van der Waals surface area contributed by atoms with Crippen molar-refractivity contribution in [3.05, 3.63) is 39.2 Å². The van der Waals surface area contributed by atoms with E-state index in [0.717, 1.165) is 5.56 Å². The van der Waals surface area contributed by atoms with E-state index >= 15 is 0 Å². The molecule has 1 aliphatic rings. The Morgan fingerprint density at radius 2 is 2.50 bits per heavy atom. The number of guanidine groups is 1. The third-order valence-electron chi connectivity index (χ3n) is 2.68. The van der Waals surface area contributed by atoms with E-state index in [1.165, 1.54) is 0 Å². The Kier molecular flexibility index (Phi) is 4.70. The van der Waals surface area contributed by atoms with Crippen LogP contribution in [0.5, 0.6) is 0 Å². The zero-order chi connectivity index (χ0) is 14.5. The number of nitrogens with zero attached hydrogens (tertiary/aromatic N) is 4. The first-order valence-corrected chi connectivity index (χ1v) is 6.42. The van der Waals surface area contributed by atoms with Gasteiger partial charge in [0, 0.05) is 19.3 Å². The van der Waals surface area contributed by atoms with Crippen molar-refractivity contribution in [1.82, 2.24) is 15.2 Å². The fourth-order valence-corrected chi connectivity index (χ4v) is 2.00. The zero-order valence-corrected chi connectivity index (χ0v) is 11.6. The van der Waals surface area contributed by atoms with Crippen LogP contribution in [0.1, 0.15) is 12.5 Å². The summed E-state index contributed by atoms with van der Waals surface area (Å²) in [7, 11) is 0. The zero-order valence-electron chi connectivity index (χ0n) is 10.8. The normalized spacial score (nSPS) is 20.2. The Labute approximate surface area is 120 Å². The van der Waals surface area contributed by atoms with Gasteiger partial charge in [0.15, 0.2) is 5.03 Å². The molecule has 1 aromatic heterocycles.